The SMILES string of the molecule is CCOc1ccc(Nc2c(C)c(N[C@H]3CCCC[C@@H]3N)c(C#N)c3ccnn23)cc1.O=C(O)C(F)(F)F. The summed E-state index contributed by atoms with van der Waals surface area (Å²) in [5, 5.41) is 28.6. The number of hydrogen-bond acceptors (Lipinski definition) is 7. The number of fused-ring (bicyclic) bond motifs is 1. The van der Waals surface area contributed by atoms with Crippen molar-refractivity contribution in [2.45, 2.75) is 57.8 Å². The third-order valence-corrected chi connectivity index (χ3v) is 6.02. The van der Waals surface area contributed by atoms with Crippen LogP contribution < -0.4 is 21.1 Å². The van der Waals surface area contributed by atoms with Gasteiger partial charge in [-0.25, -0.2) is 9.31 Å². The van der Waals surface area contributed by atoms with Gasteiger partial charge in [-0.3, -0.25) is 0 Å². The molecule has 0 amide bonds. The summed E-state index contributed by atoms with van der Waals surface area (Å²) < 4.78 is 39.1. The number of rotatable bonds is 6. The maximum absolute atomic E-state index is 10.6. The highest BCUT2D eigenvalue weighted by molar-refractivity contribution is 5.82. The molecule has 37 heavy (non-hydrogen) atoms. The highest BCUT2D eigenvalue weighted by Crippen LogP contribution is 2.35. The van der Waals surface area contributed by atoms with Crippen LogP contribution in [0.3, 0.4) is 0 Å². The van der Waals surface area contributed by atoms with Gasteiger partial charge in [-0.2, -0.15) is 23.5 Å². The minimum Gasteiger partial charge on any atom is -0.494 e. The minimum atomic E-state index is -5.08. The number of carbonyl (C=O) groups is 1. The summed E-state index contributed by atoms with van der Waals surface area (Å²) >= 11 is 0. The number of nitrogens with zero attached hydrogens (tertiary/aromatic N) is 3. The Labute approximate surface area is 212 Å². The van der Waals surface area contributed by atoms with Gasteiger partial charge in [-0.1, -0.05) is 12.8 Å². The predicted octanol–water partition coefficient (Wildman–Crippen LogP) is 4.97. The largest absolute Gasteiger partial charge is 0.494 e. The van der Waals surface area contributed by atoms with Crippen LogP contribution >= 0.6 is 0 Å². The lowest BCUT2D eigenvalue weighted by molar-refractivity contribution is -0.192. The van der Waals surface area contributed by atoms with Crippen LogP contribution in [-0.2, 0) is 4.79 Å². The fourth-order valence-corrected chi connectivity index (χ4v) is 4.17. The Kier molecular flexibility index (Phi) is 8.83. The average Bonchev–Trinajstić information content (AvgIpc) is 3.34. The van der Waals surface area contributed by atoms with E-state index in [0.29, 0.717) is 12.2 Å². The molecular weight excluding hydrogens is 489 g/mol. The number of carboxylic acids is 1. The Morgan fingerprint density at radius 3 is 2.49 bits per heavy atom. The molecule has 0 spiro atoms. The molecule has 1 saturated carbocycles. The molecule has 2 heterocycles. The lowest BCUT2D eigenvalue weighted by Gasteiger charge is -2.31. The second-order valence-corrected chi connectivity index (χ2v) is 8.55. The molecule has 0 unspecified atom stereocenters. The molecule has 1 fully saturated rings. The van der Waals surface area contributed by atoms with Crippen molar-refractivity contribution in [3.05, 3.63) is 47.7 Å². The number of pyridine rings is 1. The number of alkyl halides is 3. The maximum Gasteiger partial charge on any atom is 0.490 e. The molecule has 2 atom stereocenters. The highest BCUT2D eigenvalue weighted by atomic mass is 19.4. The topological polar surface area (TPSA) is 138 Å². The van der Waals surface area contributed by atoms with Gasteiger partial charge in [0.05, 0.1) is 24.0 Å². The molecule has 1 aliphatic rings. The summed E-state index contributed by atoms with van der Waals surface area (Å²) in [6.07, 6.45) is 0.964. The number of ether oxygens (including phenoxy) is 1. The van der Waals surface area contributed by atoms with E-state index < -0.39 is 12.1 Å². The summed E-state index contributed by atoms with van der Waals surface area (Å²) in [5.41, 5.74) is 10.4. The van der Waals surface area contributed by atoms with Gasteiger partial charge >= 0.3 is 12.1 Å². The smallest absolute Gasteiger partial charge is 0.490 e. The lowest BCUT2D eigenvalue weighted by Crippen LogP contribution is -2.43. The summed E-state index contributed by atoms with van der Waals surface area (Å²) in [6, 6.07) is 12.3. The molecule has 1 aromatic carbocycles. The van der Waals surface area contributed by atoms with E-state index in [0.717, 1.165) is 59.7 Å². The van der Waals surface area contributed by atoms with Crippen molar-refractivity contribution in [3.63, 3.8) is 0 Å². The molecular formula is C25H29F3N6O3. The Hall–Kier alpha value is -3.98. The van der Waals surface area contributed by atoms with Crippen LogP contribution in [0.15, 0.2) is 36.5 Å². The standard InChI is InChI=1S/C23H28N6O.C2HF3O2/c1-3-30-17-10-8-16(9-11-17)27-23-15(2)22(28-20-7-5-4-6-19(20)25)18(14-24)21-12-13-26-29(21)23;3-2(4,5)1(6)7/h8-13,19-20,27-28H,3-7,25H2,1-2H3;(H,6,7)/t19-,20-;/m0./s1. The van der Waals surface area contributed by atoms with E-state index in [9.17, 15) is 18.4 Å². The van der Waals surface area contributed by atoms with Crippen LogP contribution in [0, 0.1) is 18.3 Å². The molecule has 0 aliphatic heterocycles. The zero-order valence-corrected chi connectivity index (χ0v) is 20.5. The molecule has 0 radical (unpaired) electrons. The quantitative estimate of drug-likeness (QED) is 0.359. The highest BCUT2D eigenvalue weighted by Gasteiger charge is 2.38. The van der Waals surface area contributed by atoms with E-state index in [4.69, 9.17) is 20.4 Å². The number of hydrogen-bond donors (Lipinski definition) is 4. The van der Waals surface area contributed by atoms with E-state index >= 15 is 0 Å². The van der Waals surface area contributed by atoms with Crippen molar-refractivity contribution in [1.82, 2.24) is 9.61 Å². The van der Waals surface area contributed by atoms with Gasteiger partial charge in [-0.15, -0.1) is 0 Å². The van der Waals surface area contributed by atoms with Gasteiger partial charge in [0.15, 0.2) is 0 Å². The van der Waals surface area contributed by atoms with E-state index in [2.05, 4.69) is 21.8 Å². The van der Waals surface area contributed by atoms with E-state index in [-0.39, 0.29) is 12.1 Å². The minimum absolute atomic E-state index is 0.0911. The van der Waals surface area contributed by atoms with Gasteiger partial charge in [-0.05, 0) is 57.0 Å². The van der Waals surface area contributed by atoms with Gasteiger partial charge in [0.2, 0.25) is 0 Å². The average molecular weight is 519 g/mol. The van der Waals surface area contributed by atoms with Crippen molar-refractivity contribution in [2.75, 3.05) is 17.2 Å². The van der Waals surface area contributed by atoms with E-state index in [1.165, 1.54) is 0 Å². The van der Waals surface area contributed by atoms with Crippen LogP contribution in [0.4, 0.5) is 30.4 Å². The van der Waals surface area contributed by atoms with Crippen LogP contribution in [0.1, 0.15) is 43.7 Å². The predicted molar refractivity (Wildman–Crippen MR) is 133 cm³/mol. The Bertz CT molecular complexity index is 1270. The molecule has 0 bridgehead atoms. The van der Waals surface area contributed by atoms with Gasteiger partial charge in [0.1, 0.15) is 23.2 Å². The third-order valence-electron chi connectivity index (χ3n) is 6.02. The molecule has 5 N–H and O–H groups in total. The zero-order valence-electron chi connectivity index (χ0n) is 20.5. The maximum atomic E-state index is 10.6. The van der Waals surface area contributed by atoms with Gasteiger partial charge in [0, 0.05) is 23.3 Å². The number of nitrogens with one attached hydrogen (secondary N) is 2. The number of nitrogens with two attached hydrogens (primary N) is 1. The Morgan fingerprint density at radius 1 is 1.27 bits per heavy atom. The summed E-state index contributed by atoms with van der Waals surface area (Å²) in [6.45, 7) is 4.61. The van der Waals surface area contributed by atoms with Crippen LogP contribution in [-0.4, -0.2) is 45.6 Å². The number of benzene rings is 1. The molecule has 3 aromatic rings. The second kappa shape index (κ2) is 11.8. The fraction of sp³-hybridized carbons (Fsp3) is 0.400. The number of aromatic nitrogens is 2. The lowest BCUT2D eigenvalue weighted by atomic mass is 9.90. The molecule has 12 heteroatoms. The number of nitriles is 1. The summed E-state index contributed by atoms with van der Waals surface area (Å²) in [5.74, 6) is -1.10. The Morgan fingerprint density at radius 2 is 1.92 bits per heavy atom. The zero-order chi connectivity index (χ0) is 27.2. The normalized spacial score (nSPS) is 17.3. The first kappa shape index (κ1) is 27.6. The Balaban J connectivity index is 0.000000479. The summed E-state index contributed by atoms with van der Waals surface area (Å²) in [7, 11) is 0. The van der Waals surface area contributed by atoms with Gasteiger partial charge < -0.3 is 26.2 Å². The van der Waals surface area contributed by atoms with Crippen LogP contribution in [0.5, 0.6) is 5.75 Å². The third kappa shape index (κ3) is 6.62. The van der Waals surface area contributed by atoms with Crippen molar-refractivity contribution in [2.24, 2.45) is 5.73 Å². The van der Waals surface area contributed by atoms with Crippen LogP contribution in [0.2, 0.25) is 0 Å². The second-order valence-electron chi connectivity index (χ2n) is 8.55. The first-order chi connectivity index (χ1) is 17.6. The fourth-order valence-electron chi connectivity index (χ4n) is 4.17. The molecule has 198 valence electrons. The molecule has 0 saturated heterocycles. The molecule has 2 aromatic heterocycles. The van der Waals surface area contributed by atoms with Crippen molar-refractivity contribution in [3.8, 4) is 11.8 Å². The number of carboxylic acid groups (broad SMARTS) is 1. The van der Waals surface area contributed by atoms with Crippen molar-refractivity contribution < 1.29 is 27.8 Å². The number of halogens is 3. The van der Waals surface area contributed by atoms with Gasteiger partial charge in [0.25, 0.3) is 0 Å². The number of anilines is 3. The molecule has 1 aliphatic carbocycles. The first-order valence-electron chi connectivity index (χ1n) is 11.8. The first-order valence-corrected chi connectivity index (χ1v) is 11.8. The monoisotopic (exact) mass is 518 g/mol. The van der Waals surface area contributed by atoms with Crippen molar-refractivity contribution in [1.29, 1.82) is 5.26 Å². The summed E-state index contributed by atoms with van der Waals surface area (Å²) in [4.78, 5) is 8.90. The number of aliphatic carboxylic acids is 1. The van der Waals surface area contributed by atoms with E-state index in [1.807, 2.05) is 44.2 Å². The molecule has 9 nitrogen and oxygen atoms in total. The van der Waals surface area contributed by atoms with Crippen LogP contribution in [0.25, 0.3) is 5.52 Å². The van der Waals surface area contributed by atoms with Crippen molar-refractivity contribution >= 4 is 28.7 Å². The molecule has 4 rings (SSSR count). The van der Waals surface area contributed by atoms with E-state index in [1.54, 1.807) is 10.7 Å².